The van der Waals surface area contributed by atoms with Gasteiger partial charge in [-0.1, -0.05) is 13.0 Å². The summed E-state index contributed by atoms with van der Waals surface area (Å²) in [6, 6.07) is 0. The van der Waals surface area contributed by atoms with Crippen LogP contribution in [0.4, 0.5) is 0 Å². The Morgan fingerprint density at radius 1 is 1.14 bits per heavy atom. The monoisotopic (exact) mass is 321 g/mol. The molecule has 7 heteroatoms. The van der Waals surface area contributed by atoms with Gasteiger partial charge in [0.2, 0.25) is 0 Å². The lowest BCUT2D eigenvalue weighted by atomic mass is 10.2. The van der Waals surface area contributed by atoms with Gasteiger partial charge in [-0.25, -0.2) is 13.2 Å². The molecule has 0 heterocycles. The van der Waals surface area contributed by atoms with Gasteiger partial charge in [-0.2, -0.15) is 0 Å². The summed E-state index contributed by atoms with van der Waals surface area (Å²) in [5, 5.41) is 0. The average Bonchev–Trinajstić information content (AvgIpc) is 2.31. The molecule has 0 saturated heterocycles. The summed E-state index contributed by atoms with van der Waals surface area (Å²) in [7, 11) is 0.0281. The van der Waals surface area contributed by atoms with E-state index in [-0.39, 0.29) is 11.7 Å². The predicted molar refractivity (Wildman–Crippen MR) is 80.6 cm³/mol. The van der Waals surface area contributed by atoms with Gasteiger partial charge in [-0.05, 0) is 26.2 Å². The van der Waals surface area contributed by atoms with Crippen LogP contribution < -0.4 is 0 Å². The minimum Gasteiger partial charge on any atom is -0.748 e. The van der Waals surface area contributed by atoms with E-state index in [1.165, 1.54) is 0 Å². The summed E-state index contributed by atoms with van der Waals surface area (Å²) in [6.45, 7) is 7.12. The number of unbranched alkanes of at least 4 members (excludes halogenated alkanes) is 3. The number of quaternary nitrogens is 1. The summed E-state index contributed by atoms with van der Waals surface area (Å²) in [5.41, 5.74) is 0.397. The second kappa shape index (κ2) is 9.17. The Balaban J connectivity index is 3.73. The van der Waals surface area contributed by atoms with Gasteiger partial charge in [0.05, 0.1) is 30.8 Å². The van der Waals surface area contributed by atoms with E-state index in [0.29, 0.717) is 25.1 Å². The van der Waals surface area contributed by atoms with Crippen molar-refractivity contribution in [2.45, 2.75) is 32.6 Å². The second-order valence-electron chi connectivity index (χ2n) is 5.98. The van der Waals surface area contributed by atoms with Crippen LogP contribution in [0.15, 0.2) is 12.2 Å². The number of carbonyl (C=O) groups excluding carboxylic acids is 1. The van der Waals surface area contributed by atoms with E-state index in [4.69, 9.17) is 4.74 Å². The highest BCUT2D eigenvalue weighted by Gasteiger charge is 2.15. The highest BCUT2D eigenvalue weighted by Crippen LogP contribution is 2.07. The van der Waals surface area contributed by atoms with Crippen molar-refractivity contribution in [2.75, 3.05) is 39.5 Å². The van der Waals surface area contributed by atoms with Crippen LogP contribution in [0.25, 0.3) is 0 Å². The zero-order chi connectivity index (χ0) is 16.5. The van der Waals surface area contributed by atoms with Crippen molar-refractivity contribution >= 4 is 16.1 Å². The molecule has 0 amide bonds. The standard InChI is InChI=1S/C14H27NO5S/c1-13(2)14(16)20-11-10-15(3,4)9-7-5-6-8-12-21(17,18)19/h1,5-12H2,2-4H3. The Morgan fingerprint density at radius 2 is 1.71 bits per heavy atom. The number of ether oxygens (including phenoxy) is 1. The minimum absolute atomic E-state index is 0.276. The van der Waals surface area contributed by atoms with Crippen LogP contribution in [0, 0.1) is 0 Å². The lowest BCUT2D eigenvalue weighted by Gasteiger charge is -2.29. The SMILES string of the molecule is C=C(C)C(=O)OCC[N+](C)(C)CCCCCCS(=O)(=O)[O-]. The fourth-order valence-electron chi connectivity index (χ4n) is 1.79. The molecule has 0 saturated carbocycles. The van der Waals surface area contributed by atoms with Gasteiger partial charge in [-0.15, -0.1) is 0 Å². The maximum absolute atomic E-state index is 11.2. The highest BCUT2D eigenvalue weighted by molar-refractivity contribution is 7.85. The molecule has 0 aromatic carbocycles. The van der Waals surface area contributed by atoms with E-state index in [1.54, 1.807) is 6.92 Å². The molecule has 0 aromatic rings. The molecule has 0 aliphatic rings. The van der Waals surface area contributed by atoms with Gasteiger partial charge in [0, 0.05) is 11.3 Å². The van der Waals surface area contributed by atoms with Crippen molar-refractivity contribution in [2.24, 2.45) is 0 Å². The molecule has 0 radical (unpaired) electrons. The van der Waals surface area contributed by atoms with Crippen molar-refractivity contribution in [1.82, 2.24) is 0 Å². The van der Waals surface area contributed by atoms with Crippen molar-refractivity contribution in [3.05, 3.63) is 12.2 Å². The lowest BCUT2D eigenvalue weighted by molar-refractivity contribution is -0.890. The van der Waals surface area contributed by atoms with E-state index >= 15 is 0 Å². The van der Waals surface area contributed by atoms with Gasteiger partial charge >= 0.3 is 5.97 Å². The van der Waals surface area contributed by atoms with Crippen molar-refractivity contribution in [1.29, 1.82) is 0 Å². The van der Waals surface area contributed by atoms with E-state index in [9.17, 15) is 17.8 Å². The first-order chi connectivity index (χ1) is 9.53. The Bertz CT molecular complexity index is 442. The minimum atomic E-state index is -4.08. The van der Waals surface area contributed by atoms with Gasteiger partial charge in [0.1, 0.15) is 13.2 Å². The summed E-state index contributed by atoms with van der Waals surface area (Å²) in [5.74, 6) is -0.643. The molecule has 0 spiro atoms. The van der Waals surface area contributed by atoms with Gasteiger partial charge in [-0.3, -0.25) is 0 Å². The first kappa shape index (κ1) is 20.1. The Morgan fingerprint density at radius 3 is 2.24 bits per heavy atom. The molecule has 6 nitrogen and oxygen atoms in total. The third kappa shape index (κ3) is 12.5. The van der Waals surface area contributed by atoms with Gasteiger partial charge in [0.25, 0.3) is 0 Å². The molecular formula is C14H27NO5S. The quantitative estimate of drug-likeness (QED) is 0.188. The number of hydrogen-bond acceptors (Lipinski definition) is 5. The summed E-state index contributed by atoms with van der Waals surface area (Å²) in [4.78, 5) is 11.2. The van der Waals surface area contributed by atoms with Crippen LogP contribution in [0.5, 0.6) is 0 Å². The van der Waals surface area contributed by atoms with Gasteiger partial charge in [0.15, 0.2) is 0 Å². The van der Waals surface area contributed by atoms with Crippen LogP contribution in [0.3, 0.4) is 0 Å². The number of rotatable bonds is 11. The Hall–Kier alpha value is -0.920. The third-order valence-electron chi connectivity index (χ3n) is 3.19. The Labute approximate surface area is 128 Å². The first-order valence-corrected chi connectivity index (χ1v) is 8.69. The Kier molecular flexibility index (Phi) is 8.77. The zero-order valence-corrected chi connectivity index (χ0v) is 14.1. The summed E-state index contributed by atoms with van der Waals surface area (Å²) in [6.07, 6.45) is 3.00. The van der Waals surface area contributed by atoms with Crippen LogP contribution >= 0.6 is 0 Å². The molecule has 0 aliphatic heterocycles. The van der Waals surface area contributed by atoms with E-state index in [2.05, 4.69) is 20.7 Å². The van der Waals surface area contributed by atoms with Crippen LogP contribution in [0.2, 0.25) is 0 Å². The lowest BCUT2D eigenvalue weighted by Crippen LogP contribution is -2.43. The van der Waals surface area contributed by atoms with Gasteiger partial charge < -0.3 is 13.8 Å². The maximum atomic E-state index is 11.2. The van der Waals surface area contributed by atoms with Crippen molar-refractivity contribution < 1.29 is 27.0 Å². The molecule has 124 valence electrons. The van der Waals surface area contributed by atoms with Crippen molar-refractivity contribution in [3.8, 4) is 0 Å². The molecule has 0 atom stereocenters. The molecule has 21 heavy (non-hydrogen) atoms. The second-order valence-corrected chi connectivity index (χ2v) is 7.50. The average molecular weight is 321 g/mol. The molecule has 0 aliphatic carbocycles. The van der Waals surface area contributed by atoms with E-state index in [0.717, 1.165) is 30.3 Å². The molecule has 0 aromatic heterocycles. The molecule has 0 rings (SSSR count). The largest absolute Gasteiger partial charge is 0.748 e. The number of hydrogen-bond donors (Lipinski definition) is 0. The summed E-state index contributed by atoms with van der Waals surface area (Å²) < 4.78 is 37.1. The molecule has 0 unspecified atom stereocenters. The maximum Gasteiger partial charge on any atom is 0.333 e. The smallest absolute Gasteiger partial charge is 0.333 e. The fraction of sp³-hybridized carbons (Fsp3) is 0.786. The van der Waals surface area contributed by atoms with E-state index in [1.807, 2.05) is 0 Å². The van der Waals surface area contributed by atoms with Crippen LogP contribution in [-0.2, 0) is 19.6 Å². The first-order valence-electron chi connectivity index (χ1n) is 7.12. The predicted octanol–water partition coefficient (Wildman–Crippen LogP) is 1.29. The van der Waals surface area contributed by atoms with E-state index < -0.39 is 10.1 Å². The van der Waals surface area contributed by atoms with Crippen LogP contribution in [0.1, 0.15) is 32.6 Å². The zero-order valence-electron chi connectivity index (χ0n) is 13.3. The normalized spacial score (nSPS) is 12.2. The molecule has 0 N–H and O–H groups in total. The summed E-state index contributed by atoms with van der Waals surface area (Å²) >= 11 is 0. The number of nitrogens with zero attached hydrogens (tertiary/aromatic N) is 1. The van der Waals surface area contributed by atoms with Crippen LogP contribution in [-0.4, -0.2) is 63.0 Å². The number of carbonyl (C=O) groups is 1. The molecule has 0 fully saturated rings. The van der Waals surface area contributed by atoms with Crippen molar-refractivity contribution in [3.63, 3.8) is 0 Å². The molecular weight excluding hydrogens is 294 g/mol. The third-order valence-corrected chi connectivity index (χ3v) is 3.97. The molecule has 0 bridgehead atoms. The number of likely N-dealkylation sites (N-methyl/N-ethyl adjacent to an activating group) is 1. The number of esters is 1. The topological polar surface area (TPSA) is 83.5 Å². The fourth-order valence-corrected chi connectivity index (χ4v) is 2.35. The highest BCUT2D eigenvalue weighted by atomic mass is 32.2.